The van der Waals surface area contributed by atoms with Crippen molar-refractivity contribution < 1.29 is 4.79 Å². The van der Waals surface area contributed by atoms with Crippen LogP contribution in [0.4, 0.5) is 5.00 Å². The molecule has 8 heteroatoms. The maximum atomic E-state index is 11.7. The molecule has 1 aromatic heterocycles. The number of carbonyl (C=O) groups is 1. The summed E-state index contributed by atoms with van der Waals surface area (Å²) in [6, 6.07) is 4.45. The first-order valence-electron chi connectivity index (χ1n) is 8.71. The smallest absolute Gasteiger partial charge is 0.222 e. The molecule has 1 saturated heterocycles. The molecule has 1 aromatic rings. The molecule has 0 spiro atoms. The van der Waals surface area contributed by atoms with E-state index in [1.807, 2.05) is 13.8 Å². The fourth-order valence-electron chi connectivity index (χ4n) is 2.67. The van der Waals surface area contributed by atoms with E-state index in [0.717, 1.165) is 38.7 Å². The van der Waals surface area contributed by atoms with Gasteiger partial charge < -0.3 is 20.4 Å². The number of carbonyl (C=O) groups excluding carboxylic acids is 1. The van der Waals surface area contributed by atoms with Gasteiger partial charge in [0.2, 0.25) is 5.91 Å². The highest BCUT2D eigenvalue weighted by Gasteiger charge is 2.20. The molecule has 142 valence electrons. The third kappa shape index (κ3) is 7.39. The van der Waals surface area contributed by atoms with Gasteiger partial charge in [0.15, 0.2) is 5.96 Å². The van der Waals surface area contributed by atoms with Gasteiger partial charge in [-0.25, -0.2) is 0 Å². The molecule has 0 aromatic carbocycles. The highest BCUT2D eigenvalue weighted by atomic mass is 127. The minimum absolute atomic E-state index is 0. The summed E-state index contributed by atoms with van der Waals surface area (Å²) in [5.41, 5.74) is 0. The summed E-state index contributed by atoms with van der Waals surface area (Å²) in [4.78, 5) is 21.1. The molecular formula is C17H30IN5OS. The molecule has 0 atom stereocenters. The maximum absolute atomic E-state index is 11.7. The number of amides is 1. The molecule has 0 bridgehead atoms. The Labute approximate surface area is 172 Å². The molecule has 1 fully saturated rings. The third-order valence-electron chi connectivity index (χ3n) is 3.78. The van der Waals surface area contributed by atoms with Crippen LogP contribution in [0.25, 0.3) is 0 Å². The first-order chi connectivity index (χ1) is 11.6. The molecule has 1 aliphatic heterocycles. The highest BCUT2D eigenvalue weighted by Crippen LogP contribution is 2.22. The first kappa shape index (κ1) is 22.0. The summed E-state index contributed by atoms with van der Waals surface area (Å²) in [5.74, 6) is 0.979. The van der Waals surface area contributed by atoms with Crippen LogP contribution in [0.15, 0.2) is 22.5 Å². The van der Waals surface area contributed by atoms with Gasteiger partial charge in [0.25, 0.3) is 0 Å². The zero-order valence-electron chi connectivity index (χ0n) is 15.3. The molecule has 0 saturated carbocycles. The van der Waals surface area contributed by atoms with Gasteiger partial charge in [0, 0.05) is 45.2 Å². The Balaban J connectivity index is 0.00000312. The number of halogens is 1. The molecule has 2 rings (SSSR count). The lowest BCUT2D eigenvalue weighted by Gasteiger charge is -2.37. The second-order valence-corrected chi connectivity index (χ2v) is 7.06. The lowest BCUT2D eigenvalue weighted by molar-refractivity contribution is -0.121. The van der Waals surface area contributed by atoms with Crippen LogP contribution in [0.3, 0.4) is 0 Å². The second kappa shape index (κ2) is 11.6. The van der Waals surface area contributed by atoms with Crippen molar-refractivity contribution >= 4 is 52.2 Å². The number of thiophene rings is 1. The monoisotopic (exact) mass is 479 g/mol. The van der Waals surface area contributed by atoms with Crippen LogP contribution in [0.2, 0.25) is 0 Å². The van der Waals surface area contributed by atoms with Crippen molar-refractivity contribution in [2.75, 3.05) is 44.2 Å². The van der Waals surface area contributed by atoms with E-state index < -0.39 is 0 Å². The van der Waals surface area contributed by atoms with Gasteiger partial charge in [-0.05, 0) is 38.3 Å². The molecule has 6 nitrogen and oxygen atoms in total. The van der Waals surface area contributed by atoms with Crippen molar-refractivity contribution in [3.63, 3.8) is 0 Å². The van der Waals surface area contributed by atoms with Crippen LogP contribution < -0.4 is 15.5 Å². The summed E-state index contributed by atoms with van der Waals surface area (Å²) in [6.45, 7) is 11.3. The quantitative estimate of drug-likeness (QED) is 0.374. The molecule has 2 N–H and O–H groups in total. The molecule has 0 aliphatic carbocycles. The number of rotatable bonds is 6. The minimum Gasteiger partial charge on any atom is -0.360 e. The zero-order valence-corrected chi connectivity index (χ0v) is 18.5. The standard InChI is InChI=1S/C17H29N5OS.HI/c1-4-18-17(19-8-7-15(23)20-14(2)3)22-11-9-21(10-12-22)16-6-5-13-24-16;/h5-6,13-14H,4,7-12H2,1-3H3,(H,18,19)(H,20,23);1H. The highest BCUT2D eigenvalue weighted by molar-refractivity contribution is 14.0. The van der Waals surface area contributed by atoms with Crippen molar-refractivity contribution in [3.05, 3.63) is 17.5 Å². The Hall–Kier alpha value is -1.03. The van der Waals surface area contributed by atoms with Crippen LogP contribution in [0.1, 0.15) is 27.2 Å². The topological polar surface area (TPSA) is 60.0 Å². The minimum atomic E-state index is 0. The van der Waals surface area contributed by atoms with Gasteiger partial charge in [-0.1, -0.05) is 0 Å². The van der Waals surface area contributed by atoms with Crippen LogP contribution in [0.5, 0.6) is 0 Å². The Morgan fingerprint density at radius 1 is 1.32 bits per heavy atom. The van der Waals surface area contributed by atoms with E-state index in [1.54, 1.807) is 11.3 Å². The van der Waals surface area contributed by atoms with Crippen molar-refractivity contribution in [1.29, 1.82) is 0 Å². The van der Waals surface area contributed by atoms with E-state index in [2.05, 4.69) is 49.9 Å². The molecule has 25 heavy (non-hydrogen) atoms. The Bertz CT molecular complexity index is 527. The van der Waals surface area contributed by atoms with Crippen molar-refractivity contribution in [2.45, 2.75) is 33.2 Å². The van der Waals surface area contributed by atoms with Gasteiger partial charge >= 0.3 is 0 Å². The molecule has 0 radical (unpaired) electrons. The Kier molecular flexibility index (Phi) is 10.2. The predicted octanol–water partition coefficient (Wildman–Crippen LogP) is 2.37. The molecule has 2 heterocycles. The average molecular weight is 479 g/mol. The molecule has 1 amide bonds. The number of piperazine rings is 1. The van der Waals surface area contributed by atoms with Crippen molar-refractivity contribution in [2.24, 2.45) is 4.99 Å². The van der Waals surface area contributed by atoms with E-state index in [1.165, 1.54) is 5.00 Å². The van der Waals surface area contributed by atoms with E-state index >= 15 is 0 Å². The van der Waals surface area contributed by atoms with E-state index in [4.69, 9.17) is 0 Å². The summed E-state index contributed by atoms with van der Waals surface area (Å²) < 4.78 is 0. The predicted molar refractivity (Wildman–Crippen MR) is 117 cm³/mol. The van der Waals surface area contributed by atoms with Gasteiger partial charge in [-0.2, -0.15) is 0 Å². The average Bonchev–Trinajstić information content (AvgIpc) is 3.08. The van der Waals surface area contributed by atoms with E-state index in [9.17, 15) is 4.79 Å². The summed E-state index contributed by atoms with van der Waals surface area (Å²) in [5, 5.41) is 9.70. The van der Waals surface area contributed by atoms with Crippen molar-refractivity contribution in [3.8, 4) is 0 Å². The number of guanidine groups is 1. The Morgan fingerprint density at radius 3 is 2.60 bits per heavy atom. The normalized spacial score (nSPS) is 15.1. The first-order valence-corrected chi connectivity index (χ1v) is 9.59. The van der Waals surface area contributed by atoms with E-state index in [0.29, 0.717) is 13.0 Å². The number of anilines is 1. The summed E-state index contributed by atoms with van der Waals surface area (Å²) in [6.07, 6.45) is 0.433. The van der Waals surface area contributed by atoms with Gasteiger partial charge in [-0.15, -0.1) is 35.3 Å². The number of hydrogen-bond acceptors (Lipinski definition) is 4. The van der Waals surface area contributed by atoms with Crippen LogP contribution in [-0.4, -0.2) is 62.1 Å². The van der Waals surface area contributed by atoms with Gasteiger partial charge in [0.1, 0.15) is 0 Å². The number of nitrogens with zero attached hydrogens (tertiary/aromatic N) is 3. The second-order valence-electron chi connectivity index (χ2n) is 6.13. The van der Waals surface area contributed by atoms with Gasteiger partial charge in [-0.3, -0.25) is 9.79 Å². The van der Waals surface area contributed by atoms with Crippen molar-refractivity contribution in [1.82, 2.24) is 15.5 Å². The van der Waals surface area contributed by atoms with Gasteiger partial charge in [0.05, 0.1) is 11.5 Å². The lowest BCUT2D eigenvalue weighted by Crippen LogP contribution is -2.52. The third-order valence-corrected chi connectivity index (χ3v) is 4.71. The fourth-order valence-corrected chi connectivity index (χ4v) is 3.46. The number of aliphatic imine (C=N–C) groups is 1. The van der Waals surface area contributed by atoms with Crippen LogP contribution in [0, 0.1) is 0 Å². The van der Waals surface area contributed by atoms with E-state index in [-0.39, 0.29) is 35.9 Å². The molecule has 0 unspecified atom stereocenters. The number of hydrogen-bond donors (Lipinski definition) is 2. The fraction of sp³-hybridized carbons (Fsp3) is 0.647. The largest absolute Gasteiger partial charge is 0.360 e. The maximum Gasteiger partial charge on any atom is 0.222 e. The molecule has 1 aliphatic rings. The zero-order chi connectivity index (χ0) is 17.4. The summed E-state index contributed by atoms with van der Waals surface area (Å²) in [7, 11) is 0. The molecular weight excluding hydrogens is 449 g/mol. The van der Waals surface area contributed by atoms with Crippen LogP contribution in [-0.2, 0) is 4.79 Å². The summed E-state index contributed by atoms with van der Waals surface area (Å²) >= 11 is 1.79. The number of nitrogens with one attached hydrogen (secondary N) is 2. The Morgan fingerprint density at radius 2 is 2.04 bits per heavy atom. The SMILES string of the molecule is CCNC(=NCCC(=O)NC(C)C)N1CCN(c2cccs2)CC1.I. The lowest BCUT2D eigenvalue weighted by atomic mass is 10.3. The van der Waals surface area contributed by atoms with Crippen LogP contribution >= 0.6 is 35.3 Å².